The Morgan fingerprint density at radius 2 is 1.90 bits per heavy atom. The number of fused-ring (bicyclic) bond motifs is 1. The van der Waals surface area contributed by atoms with Gasteiger partial charge in [0.25, 0.3) is 11.5 Å². The number of aliphatic carboxylic acids is 1. The van der Waals surface area contributed by atoms with Gasteiger partial charge in [0.15, 0.2) is 0 Å². The van der Waals surface area contributed by atoms with Crippen LogP contribution in [0.3, 0.4) is 0 Å². The molecule has 1 amide bonds. The van der Waals surface area contributed by atoms with Crippen LogP contribution in [0.5, 0.6) is 0 Å². The van der Waals surface area contributed by atoms with Gasteiger partial charge in [-0.1, -0.05) is 60.4 Å². The minimum Gasteiger partial charge on any atom is -0.481 e. The summed E-state index contributed by atoms with van der Waals surface area (Å²) in [5, 5.41) is 8.95. The summed E-state index contributed by atoms with van der Waals surface area (Å²) in [6.45, 7) is 3.69. The van der Waals surface area contributed by atoms with Crippen molar-refractivity contribution in [2.45, 2.75) is 39.0 Å². The summed E-state index contributed by atoms with van der Waals surface area (Å²) in [7, 11) is 0. The van der Waals surface area contributed by atoms with Gasteiger partial charge in [-0.3, -0.25) is 23.7 Å². The number of hydrogen-bond donors (Lipinski definition) is 1. The zero-order valence-corrected chi connectivity index (χ0v) is 23.3. The van der Waals surface area contributed by atoms with Crippen molar-refractivity contribution in [2.75, 3.05) is 24.5 Å². The minimum atomic E-state index is -0.918. The van der Waals surface area contributed by atoms with E-state index in [0.717, 1.165) is 49.7 Å². The normalized spacial score (nSPS) is 17.5. The molecule has 4 heterocycles. The van der Waals surface area contributed by atoms with Crippen LogP contribution in [-0.4, -0.2) is 55.2 Å². The fraction of sp³-hybridized carbons (Fsp3) is 0.345. The number of amides is 1. The molecule has 0 aliphatic carbocycles. The molecule has 1 aromatic carbocycles. The Labute approximate surface area is 236 Å². The van der Waals surface area contributed by atoms with Crippen molar-refractivity contribution in [3.63, 3.8) is 0 Å². The van der Waals surface area contributed by atoms with Crippen molar-refractivity contribution in [1.29, 1.82) is 0 Å². The van der Waals surface area contributed by atoms with E-state index >= 15 is 0 Å². The average Bonchev–Trinajstić information content (AvgIpc) is 3.19. The number of aryl methyl sites for hydroxylation is 1. The molecular formula is C29H30N4O4S2. The van der Waals surface area contributed by atoms with E-state index in [4.69, 9.17) is 22.3 Å². The van der Waals surface area contributed by atoms with Crippen molar-refractivity contribution >= 4 is 57.7 Å². The second kappa shape index (κ2) is 11.7. The van der Waals surface area contributed by atoms with Crippen LogP contribution < -0.4 is 10.5 Å². The molecule has 0 bridgehead atoms. The molecule has 2 aliphatic heterocycles. The minimum absolute atomic E-state index is 0.0459. The van der Waals surface area contributed by atoms with Crippen molar-refractivity contribution in [2.24, 2.45) is 5.92 Å². The first-order valence-electron chi connectivity index (χ1n) is 13.1. The maximum atomic E-state index is 13.8. The van der Waals surface area contributed by atoms with Gasteiger partial charge in [0, 0.05) is 32.3 Å². The average molecular weight is 563 g/mol. The summed E-state index contributed by atoms with van der Waals surface area (Å²) in [4.78, 5) is 46.8. The second-order valence-corrected chi connectivity index (χ2v) is 11.7. The number of rotatable bonds is 8. The summed E-state index contributed by atoms with van der Waals surface area (Å²) in [6, 6.07) is 14.2. The number of carbonyl (C=O) groups is 2. The Kier molecular flexibility index (Phi) is 8.13. The highest BCUT2D eigenvalue weighted by molar-refractivity contribution is 8.26. The van der Waals surface area contributed by atoms with E-state index in [-0.39, 0.29) is 24.4 Å². The second-order valence-electron chi connectivity index (χ2n) is 9.99. The fourth-order valence-corrected chi connectivity index (χ4v) is 6.47. The quantitative estimate of drug-likeness (QED) is 0.316. The van der Waals surface area contributed by atoms with E-state index in [1.165, 1.54) is 14.9 Å². The number of aromatic nitrogens is 2. The number of thioether (sulfide) groups is 1. The summed E-state index contributed by atoms with van der Waals surface area (Å²) in [6.07, 6.45) is 6.56. The Morgan fingerprint density at radius 1 is 1.15 bits per heavy atom. The van der Waals surface area contributed by atoms with Gasteiger partial charge < -0.3 is 10.0 Å². The molecule has 2 aromatic heterocycles. The highest BCUT2D eigenvalue weighted by Crippen LogP contribution is 2.34. The largest absolute Gasteiger partial charge is 0.481 e. The number of pyridine rings is 1. The van der Waals surface area contributed by atoms with Gasteiger partial charge in [0.1, 0.15) is 15.8 Å². The Hall–Kier alpha value is -3.50. The van der Waals surface area contributed by atoms with Crippen molar-refractivity contribution < 1.29 is 14.7 Å². The maximum Gasteiger partial charge on any atom is 0.303 e. The van der Waals surface area contributed by atoms with Crippen molar-refractivity contribution in [3.05, 3.63) is 80.6 Å². The van der Waals surface area contributed by atoms with E-state index in [2.05, 4.69) is 29.2 Å². The smallest absolute Gasteiger partial charge is 0.303 e. The standard InChI is InChI=1S/C29H30N4O4S2/c1-19-7-5-13-32-25(19)30-26(31-15-11-21(12-16-31)17-20-8-3-2-4-9-20)22(27(32)36)18-23-28(37)33(29(38)39-23)14-6-10-24(34)35/h2-5,7-9,13,18,21H,6,10-12,14-17H2,1H3,(H,34,35)/b23-18+. The van der Waals surface area contributed by atoms with Crippen LogP contribution in [0.1, 0.15) is 42.4 Å². The zero-order valence-electron chi connectivity index (χ0n) is 21.7. The van der Waals surface area contributed by atoms with E-state index < -0.39 is 5.97 Å². The Balaban J connectivity index is 1.45. The molecule has 10 heteroatoms. The van der Waals surface area contributed by atoms with Gasteiger partial charge >= 0.3 is 5.97 Å². The molecule has 39 heavy (non-hydrogen) atoms. The lowest BCUT2D eigenvalue weighted by molar-refractivity contribution is -0.137. The maximum absolute atomic E-state index is 13.8. The number of piperidine rings is 1. The zero-order chi connectivity index (χ0) is 27.5. The first kappa shape index (κ1) is 27.1. The summed E-state index contributed by atoms with van der Waals surface area (Å²) < 4.78 is 1.89. The van der Waals surface area contributed by atoms with Gasteiger partial charge in [-0.25, -0.2) is 4.98 Å². The third-order valence-electron chi connectivity index (χ3n) is 7.27. The van der Waals surface area contributed by atoms with E-state index in [1.807, 2.05) is 25.1 Å². The third kappa shape index (κ3) is 5.91. The molecule has 202 valence electrons. The molecule has 0 unspecified atom stereocenters. The summed E-state index contributed by atoms with van der Waals surface area (Å²) >= 11 is 6.55. The molecule has 2 fully saturated rings. The lowest BCUT2D eigenvalue weighted by Gasteiger charge is -2.33. The molecule has 8 nitrogen and oxygen atoms in total. The first-order chi connectivity index (χ1) is 18.8. The van der Waals surface area contributed by atoms with Gasteiger partial charge in [0.2, 0.25) is 0 Å². The number of nitrogens with zero attached hydrogens (tertiary/aromatic N) is 4. The van der Waals surface area contributed by atoms with Gasteiger partial charge in [0.05, 0.1) is 10.5 Å². The number of benzene rings is 1. The fourth-order valence-electron chi connectivity index (χ4n) is 5.18. The predicted octanol–water partition coefficient (Wildman–Crippen LogP) is 4.53. The predicted molar refractivity (Wildman–Crippen MR) is 158 cm³/mol. The molecule has 2 saturated heterocycles. The van der Waals surface area contributed by atoms with Crippen LogP contribution in [0.25, 0.3) is 11.7 Å². The summed E-state index contributed by atoms with van der Waals surface area (Å²) in [5.41, 5.74) is 2.96. The van der Waals surface area contributed by atoms with Crippen LogP contribution in [0.2, 0.25) is 0 Å². The number of hydrogen-bond acceptors (Lipinski definition) is 7. The highest BCUT2D eigenvalue weighted by atomic mass is 32.2. The van der Waals surface area contributed by atoms with Crippen LogP contribution in [0, 0.1) is 12.8 Å². The number of carboxylic acids is 1. The molecule has 3 aromatic rings. The SMILES string of the molecule is Cc1cccn2c(=O)c(/C=C3/SC(=S)N(CCCC(=O)O)C3=O)c(N3CCC(Cc4ccccc4)CC3)nc12. The first-order valence-corrected chi connectivity index (χ1v) is 14.3. The molecule has 5 rings (SSSR count). The lowest BCUT2D eigenvalue weighted by atomic mass is 9.90. The van der Waals surface area contributed by atoms with Crippen LogP contribution in [0.4, 0.5) is 5.82 Å². The molecule has 0 atom stereocenters. The molecule has 0 saturated carbocycles. The summed E-state index contributed by atoms with van der Waals surface area (Å²) in [5.74, 6) is -0.0867. The van der Waals surface area contributed by atoms with Gasteiger partial charge in [-0.2, -0.15) is 0 Å². The van der Waals surface area contributed by atoms with Crippen molar-refractivity contribution in [1.82, 2.24) is 14.3 Å². The third-order valence-corrected chi connectivity index (χ3v) is 8.64. The van der Waals surface area contributed by atoms with Crippen LogP contribution >= 0.6 is 24.0 Å². The van der Waals surface area contributed by atoms with E-state index in [9.17, 15) is 14.4 Å². The molecule has 0 radical (unpaired) electrons. The molecule has 0 spiro atoms. The van der Waals surface area contributed by atoms with Crippen molar-refractivity contribution in [3.8, 4) is 0 Å². The number of carboxylic acid groups (broad SMARTS) is 1. The number of anilines is 1. The highest BCUT2D eigenvalue weighted by Gasteiger charge is 2.33. The van der Waals surface area contributed by atoms with E-state index in [0.29, 0.717) is 38.6 Å². The molecular weight excluding hydrogens is 532 g/mol. The number of carbonyl (C=O) groups excluding carboxylic acids is 1. The Morgan fingerprint density at radius 3 is 2.62 bits per heavy atom. The van der Waals surface area contributed by atoms with E-state index in [1.54, 1.807) is 12.3 Å². The van der Waals surface area contributed by atoms with Gasteiger partial charge in [-0.15, -0.1) is 0 Å². The Bertz CT molecular complexity index is 1510. The van der Waals surface area contributed by atoms with Crippen LogP contribution in [0.15, 0.2) is 58.4 Å². The number of thiocarbonyl (C=S) groups is 1. The van der Waals surface area contributed by atoms with Crippen LogP contribution in [-0.2, 0) is 16.0 Å². The molecule has 2 aliphatic rings. The molecule has 1 N–H and O–H groups in total. The lowest BCUT2D eigenvalue weighted by Crippen LogP contribution is -2.37. The van der Waals surface area contributed by atoms with Gasteiger partial charge in [-0.05, 0) is 61.8 Å². The topological polar surface area (TPSA) is 95.2 Å². The monoisotopic (exact) mass is 562 g/mol.